The summed E-state index contributed by atoms with van der Waals surface area (Å²) >= 11 is 0. The molecule has 16 heteroatoms. The van der Waals surface area contributed by atoms with Crippen molar-refractivity contribution in [1.29, 1.82) is 5.26 Å². The van der Waals surface area contributed by atoms with Crippen LogP contribution in [0.15, 0.2) is 88.3 Å². The van der Waals surface area contributed by atoms with E-state index in [1.807, 2.05) is 6.07 Å². The number of rotatable bonds is 9. The first-order chi connectivity index (χ1) is 20.3. The zero-order chi connectivity index (χ0) is 31.4. The molecule has 218 valence electrons. The van der Waals surface area contributed by atoms with Crippen molar-refractivity contribution < 1.29 is 21.6 Å². The van der Waals surface area contributed by atoms with Gasteiger partial charge < -0.3 is 4.85 Å². The van der Waals surface area contributed by atoms with E-state index in [0.717, 1.165) is 22.2 Å². The Morgan fingerprint density at radius 3 is 1.98 bits per heavy atom. The van der Waals surface area contributed by atoms with Gasteiger partial charge in [0, 0.05) is 11.4 Å². The van der Waals surface area contributed by atoms with Gasteiger partial charge in [-0.1, -0.05) is 30.9 Å². The van der Waals surface area contributed by atoms with Gasteiger partial charge in [-0.25, -0.2) is 21.9 Å². The van der Waals surface area contributed by atoms with Crippen LogP contribution in [0, 0.1) is 17.9 Å². The highest BCUT2D eigenvalue weighted by molar-refractivity contribution is 7.92. The first kappa shape index (κ1) is 30.3. The van der Waals surface area contributed by atoms with Crippen molar-refractivity contribution in [3.8, 4) is 11.8 Å². The van der Waals surface area contributed by atoms with Crippen LogP contribution in [-0.2, 0) is 24.8 Å². The molecule has 1 aliphatic heterocycles. The van der Waals surface area contributed by atoms with E-state index >= 15 is 0 Å². The number of nitrogens with one attached hydrogen (secondary N) is 3. The number of H-pyrrole nitrogens is 1. The number of nitriles is 1. The van der Waals surface area contributed by atoms with Gasteiger partial charge in [-0.05, 0) is 54.6 Å². The van der Waals surface area contributed by atoms with Gasteiger partial charge in [0.25, 0.3) is 17.3 Å². The lowest BCUT2D eigenvalue weighted by Gasteiger charge is -2.12. The highest BCUT2D eigenvalue weighted by Gasteiger charge is 2.30. The number of aromatic nitrogens is 2. The summed E-state index contributed by atoms with van der Waals surface area (Å²) in [6.07, 6.45) is 9.26. The van der Waals surface area contributed by atoms with E-state index in [4.69, 9.17) is 6.57 Å². The van der Waals surface area contributed by atoms with Crippen LogP contribution < -0.4 is 20.0 Å². The Kier molecular flexibility index (Phi) is 8.46. The number of aromatic amines is 1. The average Bonchev–Trinajstić information content (AvgIpc) is 3.43. The highest BCUT2D eigenvalue weighted by Crippen LogP contribution is 2.25. The summed E-state index contributed by atoms with van der Waals surface area (Å²) in [4.78, 5) is 29.3. The number of anilines is 3. The number of hydrazone groups is 1. The van der Waals surface area contributed by atoms with Gasteiger partial charge in [0.1, 0.15) is 6.07 Å². The largest absolute Gasteiger partial charge is 0.362 e. The molecule has 0 bridgehead atoms. The predicted octanol–water partition coefficient (Wildman–Crippen LogP) is 2.88. The number of carbonyl (C=O) groups excluding carboxylic acids is 1. The Labute approximate surface area is 246 Å². The summed E-state index contributed by atoms with van der Waals surface area (Å²) in [6, 6.07) is 13.7. The monoisotopic (exact) mass is 618 g/mol. The van der Waals surface area contributed by atoms with Crippen LogP contribution in [0.3, 0.4) is 0 Å². The number of allylic oxidation sites excluding steroid dienone is 4. The number of sulfonamides is 2. The normalized spacial score (nSPS) is 14.7. The molecule has 0 aliphatic carbocycles. The third kappa shape index (κ3) is 7.33. The Bertz CT molecular complexity index is 2070. The third-order valence-electron chi connectivity index (χ3n) is 5.59. The minimum Gasteiger partial charge on any atom is -0.362 e. The second kappa shape index (κ2) is 12.0. The summed E-state index contributed by atoms with van der Waals surface area (Å²) in [7, 11) is -6.94. The van der Waals surface area contributed by atoms with Gasteiger partial charge in [-0.15, -0.1) is 0 Å². The molecule has 1 aliphatic rings. The lowest BCUT2D eigenvalue weighted by Crippen LogP contribution is -2.21. The smallest absolute Gasteiger partial charge is 0.283 e. The van der Waals surface area contributed by atoms with Gasteiger partial charge >= 0.3 is 0 Å². The van der Waals surface area contributed by atoms with E-state index in [-0.39, 0.29) is 22.7 Å². The molecule has 1 amide bonds. The van der Waals surface area contributed by atoms with Crippen LogP contribution in [0.1, 0.15) is 5.56 Å². The average molecular weight is 619 g/mol. The molecule has 0 unspecified atom stereocenters. The zero-order valence-corrected chi connectivity index (χ0v) is 24.1. The van der Waals surface area contributed by atoms with E-state index in [1.54, 1.807) is 0 Å². The summed E-state index contributed by atoms with van der Waals surface area (Å²) in [5.41, 5.74) is 0.748. The number of hydrogen-bond donors (Lipinski definition) is 3. The second-order valence-corrected chi connectivity index (χ2v) is 12.5. The molecule has 0 radical (unpaired) electrons. The van der Waals surface area contributed by atoms with Crippen molar-refractivity contribution in [3.05, 3.63) is 106 Å². The fourth-order valence-corrected chi connectivity index (χ4v) is 4.95. The highest BCUT2D eigenvalue weighted by atomic mass is 32.2. The van der Waals surface area contributed by atoms with Crippen molar-refractivity contribution in [3.63, 3.8) is 0 Å². The Hall–Kier alpha value is -5.71. The maximum absolute atomic E-state index is 13.0. The SMILES string of the molecule is [C-]#[N+]c1[nH]n(-c2ccc(NS(C)(=O)=O)cc2)c(=O)c1C=CC=CC=C1C(=O)N(c2ccc(NS(C)(=O)=O)cc2)N=C1C#N. The summed E-state index contributed by atoms with van der Waals surface area (Å²) in [5.74, 6) is -0.597. The summed E-state index contributed by atoms with van der Waals surface area (Å²) in [6.45, 7) is 7.41. The van der Waals surface area contributed by atoms with Gasteiger partial charge in [0.2, 0.25) is 20.0 Å². The van der Waals surface area contributed by atoms with Gasteiger partial charge in [-0.2, -0.15) is 20.1 Å². The molecule has 2 aromatic carbocycles. The topological polar surface area (TPSA) is 191 Å². The van der Waals surface area contributed by atoms with Crippen molar-refractivity contribution in [2.24, 2.45) is 5.10 Å². The number of hydrogen-bond acceptors (Lipinski definition) is 8. The molecule has 3 N–H and O–H groups in total. The Balaban J connectivity index is 1.50. The van der Waals surface area contributed by atoms with E-state index in [0.29, 0.717) is 22.7 Å². The van der Waals surface area contributed by atoms with Crippen LogP contribution in [0.25, 0.3) is 16.6 Å². The standard InChI is InChI=1S/C27H22N8O6S2/c1-29-25-23(27(37)35(31-25)21-15-11-19(12-16-21)33-43(3,40)41)8-6-4-5-7-22-24(17-28)30-34(26(22)36)20-13-9-18(10-14-20)32-42(2,38)39/h4-16,31-33H,2-3H3. The predicted molar refractivity (Wildman–Crippen MR) is 163 cm³/mol. The number of carbonyl (C=O) groups is 1. The maximum atomic E-state index is 13.0. The molecule has 2 heterocycles. The zero-order valence-electron chi connectivity index (χ0n) is 22.5. The van der Waals surface area contributed by atoms with Gasteiger partial charge in [0.05, 0.1) is 35.0 Å². The van der Waals surface area contributed by atoms with E-state index < -0.39 is 31.5 Å². The van der Waals surface area contributed by atoms with Crippen LogP contribution in [-0.4, -0.2) is 50.7 Å². The summed E-state index contributed by atoms with van der Waals surface area (Å²) in [5, 5.41) is 17.3. The van der Waals surface area contributed by atoms with E-state index in [9.17, 15) is 31.7 Å². The quantitative estimate of drug-likeness (QED) is 0.186. The minimum absolute atomic E-state index is 0.0187. The number of nitrogens with zero attached hydrogens (tertiary/aromatic N) is 5. The lowest BCUT2D eigenvalue weighted by atomic mass is 10.1. The molecule has 0 saturated carbocycles. The number of amides is 1. The Morgan fingerprint density at radius 1 is 0.907 bits per heavy atom. The molecule has 0 spiro atoms. The molecule has 3 aromatic rings. The van der Waals surface area contributed by atoms with E-state index in [1.165, 1.54) is 78.9 Å². The second-order valence-electron chi connectivity index (χ2n) is 8.97. The molecule has 4 rings (SSSR count). The third-order valence-corrected chi connectivity index (χ3v) is 6.81. The fourth-order valence-electron chi connectivity index (χ4n) is 3.82. The van der Waals surface area contributed by atoms with E-state index in [2.05, 4.69) is 24.5 Å². The maximum Gasteiger partial charge on any atom is 0.283 e. The Morgan fingerprint density at radius 2 is 1.47 bits per heavy atom. The number of benzene rings is 2. The molecule has 0 saturated heterocycles. The van der Waals surface area contributed by atoms with Crippen molar-refractivity contribution in [2.75, 3.05) is 27.0 Å². The molecule has 43 heavy (non-hydrogen) atoms. The minimum atomic E-state index is -3.48. The summed E-state index contributed by atoms with van der Waals surface area (Å²) < 4.78 is 51.4. The van der Waals surface area contributed by atoms with Crippen molar-refractivity contribution in [2.45, 2.75) is 0 Å². The van der Waals surface area contributed by atoms with Crippen LogP contribution >= 0.6 is 0 Å². The molecule has 0 fully saturated rings. The van der Waals surface area contributed by atoms with Gasteiger partial charge in [-0.3, -0.25) is 19.0 Å². The first-order valence-electron chi connectivity index (χ1n) is 12.1. The fraction of sp³-hybridized carbons (Fsp3) is 0.0741. The van der Waals surface area contributed by atoms with Crippen LogP contribution in [0.5, 0.6) is 0 Å². The van der Waals surface area contributed by atoms with Crippen molar-refractivity contribution >= 4 is 60.6 Å². The molecule has 14 nitrogen and oxygen atoms in total. The molecular formula is C27H22N8O6S2. The van der Waals surface area contributed by atoms with Gasteiger partial charge in [0.15, 0.2) is 5.71 Å². The van der Waals surface area contributed by atoms with Crippen LogP contribution in [0.2, 0.25) is 0 Å². The van der Waals surface area contributed by atoms with Crippen molar-refractivity contribution in [1.82, 2.24) is 9.78 Å². The molecule has 0 atom stereocenters. The first-order valence-corrected chi connectivity index (χ1v) is 15.8. The molecular weight excluding hydrogens is 596 g/mol. The molecule has 1 aromatic heterocycles. The van der Waals surface area contributed by atoms with Crippen LogP contribution in [0.4, 0.5) is 22.9 Å². The lowest BCUT2D eigenvalue weighted by molar-refractivity contribution is -0.114.